The number of rotatable bonds is 4. The van der Waals surface area contributed by atoms with Gasteiger partial charge in [-0.25, -0.2) is 9.97 Å². The van der Waals surface area contributed by atoms with Gasteiger partial charge in [-0.3, -0.25) is 9.78 Å². The summed E-state index contributed by atoms with van der Waals surface area (Å²) >= 11 is 0. The molecule has 30 heavy (non-hydrogen) atoms. The molecule has 0 spiro atoms. The van der Waals surface area contributed by atoms with E-state index in [-0.39, 0.29) is 11.8 Å². The zero-order valence-corrected chi connectivity index (χ0v) is 17.7. The molecule has 3 aliphatic rings. The first-order valence-corrected chi connectivity index (χ1v) is 11.2. The zero-order chi connectivity index (χ0) is 20.5. The summed E-state index contributed by atoms with van der Waals surface area (Å²) < 4.78 is 0. The Bertz CT molecular complexity index is 892. The second-order valence-corrected chi connectivity index (χ2v) is 8.89. The molecule has 3 fully saturated rings. The van der Waals surface area contributed by atoms with Crippen LogP contribution >= 0.6 is 0 Å². The van der Waals surface area contributed by atoms with Crippen molar-refractivity contribution in [3.63, 3.8) is 0 Å². The number of piperazine rings is 1. The number of nitrogens with zero attached hydrogens (tertiary/aromatic N) is 6. The van der Waals surface area contributed by atoms with Crippen LogP contribution in [-0.4, -0.2) is 77.0 Å². The van der Waals surface area contributed by atoms with E-state index < -0.39 is 0 Å². The second-order valence-electron chi connectivity index (χ2n) is 8.89. The predicted octanol–water partition coefficient (Wildman–Crippen LogP) is 2.41. The van der Waals surface area contributed by atoms with E-state index in [4.69, 9.17) is 9.97 Å². The third-order valence-electron chi connectivity index (χ3n) is 6.63. The minimum atomic E-state index is 0.249. The van der Waals surface area contributed by atoms with E-state index >= 15 is 0 Å². The lowest BCUT2D eigenvalue weighted by Gasteiger charge is -2.35. The Morgan fingerprint density at radius 1 is 1.03 bits per heavy atom. The van der Waals surface area contributed by atoms with Gasteiger partial charge in [-0.05, 0) is 50.4 Å². The fourth-order valence-electron chi connectivity index (χ4n) is 4.60. The number of amides is 1. The molecule has 1 unspecified atom stereocenters. The number of hydrogen-bond donors (Lipinski definition) is 0. The molecule has 4 heterocycles. The Kier molecular flexibility index (Phi) is 5.37. The summed E-state index contributed by atoms with van der Waals surface area (Å²) in [6, 6.07) is 4.04. The number of pyridine rings is 1. The maximum Gasteiger partial charge on any atom is 0.225 e. The van der Waals surface area contributed by atoms with Crippen LogP contribution in [0.5, 0.6) is 0 Å². The number of carbonyl (C=O) groups excluding carboxylic acids is 1. The lowest BCUT2D eigenvalue weighted by atomic mass is 9.90. The Morgan fingerprint density at radius 2 is 1.80 bits per heavy atom. The molecule has 7 heteroatoms. The van der Waals surface area contributed by atoms with Gasteiger partial charge in [0, 0.05) is 75.3 Å². The summed E-state index contributed by atoms with van der Waals surface area (Å²) in [6.45, 7) is 5.60. The number of anilines is 1. The van der Waals surface area contributed by atoms with Crippen molar-refractivity contribution in [1.29, 1.82) is 0 Å². The van der Waals surface area contributed by atoms with Crippen LogP contribution in [0.2, 0.25) is 0 Å². The third-order valence-corrected chi connectivity index (χ3v) is 6.63. The van der Waals surface area contributed by atoms with Crippen molar-refractivity contribution >= 4 is 11.9 Å². The van der Waals surface area contributed by atoms with Crippen LogP contribution in [-0.2, 0) is 4.79 Å². The lowest BCUT2D eigenvalue weighted by molar-refractivity contribution is -0.133. The van der Waals surface area contributed by atoms with E-state index in [9.17, 15) is 4.79 Å². The molecule has 2 aromatic rings. The van der Waals surface area contributed by atoms with E-state index in [0.717, 1.165) is 87.7 Å². The lowest BCUT2D eigenvalue weighted by Crippen LogP contribution is -2.45. The van der Waals surface area contributed by atoms with E-state index in [1.165, 1.54) is 0 Å². The van der Waals surface area contributed by atoms with Crippen molar-refractivity contribution in [1.82, 2.24) is 24.8 Å². The van der Waals surface area contributed by atoms with Crippen molar-refractivity contribution in [2.45, 2.75) is 31.6 Å². The highest BCUT2D eigenvalue weighted by molar-refractivity contribution is 5.81. The van der Waals surface area contributed by atoms with Gasteiger partial charge in [-0.15, -0.1) is 0 Å². The van der Waals surface area contributed by atoms with Crippen molar-refractivity contribution in [3.8, 4) is 11.1 Å². The largest absolute Gasteiger partial charge is 0.342 e. The smallest absolute Gasteiger partial charge is 0.225 e. The molecule has 2 saturated heterocycles. The van der Waals surface area contributed by atoms with E-state index in [0.29, 0.717) is 5.91 Å². The maximum absolute atomic E-state index is 12.7. The fraction of sp³-hybridized carbons (Fsp3) is 0.565. The first-order valence-electron chi connectivity index (χ1n) is 11.2. The highest BCUT2D eigenvalue weighted by Gasteiger charge is 2.36. The highest BCUT2D eigenvalue weighted by atomic mass is 16.2. The summed E-state index contributed by atoms with van der Waals surface area (Å²) in [5.41, 5.74) is 3.25. The number of likely N-dealkylation sites (tertiary alicyclic amines) is 1. The van der Waals surface area contributed by atoms with Crippen molar-refractivity contribution in [3.05, 3.63) is 36.4 Å². The molecule has 2 aliphatic heterocycles. The van der Waals surface area contributed by atoms with Crippen LogP contribution in [0, 0.1) is 5.92 Å². The van der Waals surface area contributed by atoms with Gasteiger partial charge >= 0.3 is 0 Å². The number of piperidine rings is 1. The van der Waals surface area contributed by atoms with Crippen LogP contribution in [0.25, 0.3) is 11.1 Å². The van der Waals surface area contributed by atoms with Crippen molar-refractivity contribution in [2.75, 3.05) is 51.2 Å². The Balaban J connectivity index is 1.47. The van der Waals surface area contributed by atoms with E-state index in [2.05, 4.69) is 26.7 Å². The summed E-state index contributed by atoms with van der Waals surface area (Å²) in [4.78, 5) is 33.4. The van der Waals surface area contributed by atoms with E-state index in [1.807, 2.05) is 30.7 Å². The van der Waals surface area contributed by atoms with Crippen LogP contribution in [0.4, 0.5) is 5.95 Å². The normalized spacial score (nSPS) is 22.9. The van der Waals surface area contributed by atoms with Crippen LogP contribution in [0.1, 0.15) is 37.3 Å². The van der Waals surface area contributed by atoms with Crippen LogP contribution in [0.3, 0.4) is 0 Å². The molecule has 0 aromatic carbocycles. The minimum absolute atomic E-state index is 0.249. The first-order chi connectivity index (χ1) is 14.7. The van der Waals surface area contributed by atoms with Gasteiger partial charge in [0.2, 0.25) is 11.9 Å². The predicted molar refractivity (Wildman–Crippen MR) is 116 cm³/mol. The summed E-state index contributed by atoms with van der Waals surface area (Å²) in [7, 11) is 2.16. The van der Waals surface area contributed by atoms with Gasteiger partial charge in [-0.2, -0.15) is 0 Å². The average Bonchev–Trinajstić information content (AvgIpc) is 3.65. The summed E-state index contributed by atoms with van der Waals surface area (Å²) in [5, 5.41) is 0. The zero-order valence-electron chi connectivity index (χ0n) is 17.7. The number of hydrogen-bond acceptors (Lipinski definition) is 6. The topological polar surface area (TPSA) is 65.5 Å². The average molecular weight is 407 g/mol. The maximum atomic E-state index is 12.7. The Labute approximate surface area is 178 Å². The van der Waals surface area contributed by atoms with Gasteiger partial charge in [0.25, 0.3) is 0 Å². The molecule has 1 saturated carbocycles. The molecular formula is C23H30N6O. The van der Waals surface area contributed by atoms with Gasteiger partial charge < -0.3 is 14.7 Å². The van der Waals surface area contributed by atoms with Gasteiger partial charge in [0.05, 0.1) is 5.69 Å². The van der Waals surface area contributed by atoms with E-state index in [1.54, 1.807) is 0 Å². The number of aromatic nitrogens is 3. The first kappa shape index (κ1) is 19.4. The SMILES string of the molecule is CN1CCN(c2ncc(-c3ccncc3)c(C3CCCN(C(=O)C4CC4)C3)n2)CC1. The van der Waals surface area contributed by atoms with Gasteiger partial charge in [0.15, 0.2) is 0 Å². The summed E-state index contributed by atoms with van der Waals surface area (Å²) in [5.74, 6) is 1.69. The molecule has 0 radical (unpaired) electrons. The monoisotopic (exact) mass is 406 g/mol. The van der Waals surface area contributed by atoms with Crippen LogP contribution in [0.15, 0.2) is 30.7 Å². The molecule has 0 N–H and O–H groups in total. The Morgan fingerprint density at radius 3 is 2.53 bits per heavy atom. The highest BCUT2D eigenvalue weighted by Crippen LogP contribution is 2.37. The van der Waals surface area contributed by atoms with Crippen molar-refractivity contribution in [2.24, 2.45) is 5.92 Å². The molecule has 2 aromatic heterocycles. The standard InChI is InChI=1S/C23H30N6O/c1-27-11-13-28(14-12-27)23-25-15-20(17-6-8-24-9-7-17)21(26-23)19-3-2-10-29(16-19)22(30)18-4-5-18/h6-9,15,18-19H,2-5,10-14,16H2,1H3. The Hall–Kier alpha value is -2.54. The summed E-state index contributed by atoms with van der Waals surface area (Å²) in [6.07, 6.45) is 9.83. The van der Waals surface area contributed by atoms with Crippen LogP contribution < -0.4 is 4.90 Å². The minimum Gasteiger partial charge on any atom is -0.342 e. The molecular weight excluding hydrogens is 376 g/mol. The molecule has 1 aliphatic carbocycles. The molecule has 7 nitrogen and oxygen atoms in total. The van der Waals surface area contributed by atoms with Gasteiger partial charge in [0.1, 0.15) is 0 Å². The molecule has 1 atom stereocenters. The molecule has 0 bridgehead atoms. The molecule has 5 rings (SSSR count). The quantitative estimate of drug-likeness (QED) is 0.777. The third kappa shape index (κ3) is 4.03. The fourth-order valence-corrected chi connectivity index (χ4v) is 4.60. The number of likely N-dealkylation sites (N-methyl/N-ethyl adjacent to an activating group) is 1. The second kappa shape index (κ2) is 8.30. The molecule has 158 valence electrons. The van der Waals surface area contributed by atoms with Gasteiger partial charge in [-0.1, -0.05) is 0 Å². The van der Waals surface area contributed by atoms with Crippen molar-refractivity contribution < 1.29 is 4.79 Å². The molecule has 1 amide bonds. The number of carbonyl (C=O) groups is 1.